The molecule has 1 amide bonds. The van der Waals surface area contributed by atoms with Crippen LogP contribution >= 0.6 is 0 Å². The summed E-state index contributed by atoms with van der Waals surface area (Å²) in [6, 6.07) is 12.0. The molecule has 0 aliphatic heterocycles. The van der Waals surface area contributed by atoms with Crippen molar-refractivity contribution in [2.24, 2.45) is 0 Å². The van der Waals surface area contributed by atoms with Gasteiger partial charge in [-0.2, -0.15) is 0 Å². The summed E-state index contributed by atoms with van der Waals surface area (Å²) in [5.41, 5.74) is 1.40. The summed E-state index contributed by atoms with van der Waals surface area (Å²) >= 11 is 0. The second-order valence-electron chi connectivity index (χ2n) is 5.44. The molecule has 0 bridgehead atoms. The highest BCUT2D eigenvalue weighted by atomic mass is 32.2. The van der Waals surface area contributed by atoms with Gasteiger partial charge in [0.1, 0.15) is 5.82 Å². The third-order valence-electron chi connectivity index (χ3n) is 3.44. The monoisotopic (exact) mass is 335 g/mol. The lowest BCUT2D eigenvalue weighted by atomic mass is 10.1. The Labute approximate surface area is 135 Å². The van der Waals surface area contributed by atoms with E-state index in [2.05, 4.69) is 5.32 Å². The predicted octanol–water partition coefficient (Wildman–Crippen LogP) is 2.65. The molecule has 0 aliphatic carbocycles. The largest absolute Gasteiger partial charge is 0.349 e. The molecule has 23 heavy (non-hydrogen) atoms. The first-order valence-corrected chi connectivity index (χ1v) is 8.98. The molecule has 0 unspecified atom stereocenters. The van der Waals surface area contributed by atoms with Crippen LogP contribution in [0, 0.1) is 5.82 Å². The van der Waals surface area contributed by atoms with Crippen LogP contribution in [0.15, 0.2) is 53.4 Å². The Morgan fingerprint density at radius 2 is 1.83 bits per heavy atom. The number of amides is 1. The number of benzene rings is 2. The zero-order chi connectivity index (χ0) is 17.0. The summed E-state index contributed by atoms with van der Waals surface area (Å²) in [6.45, 7) is 1.80. The average molecular weight is 335 g/mol. The molecule has 0 saturated carbocycles. The van der Waals surface area contributed by atoms with Gasteiger partial charge in [0.05, 0.1) is 17.4 Å². The van der Waals surface area contributed by atoms with Gasteiger partial charge in [0, 0.05) is 6.26 Å². The van der Waals surface area contributed by atoms with Gasteiger partial charge in [-0.3, -0.25) is 4.79 Å². The van der Waals surface area contributed by atoms with Crippen molar-refractivity contribution in [3.8, 4) is 0 Å². The van der Waals surface area contributed by atoms with Crippen LogP contribution in [0.3, 0.4) is 0 Å². The highest BCUT2D eigenvalue weighted by Gasteiger charge is 2.12. The third kappa shape index (κ3) is 4.89. The van der Waals surface area contributed by atoms with Crippen LogP contribution < -0.4 is 5.32 Å². The number of rotatable bonds is 5. The summed E-state index contributed by atoms with van der Waals surface area (Å²) in [6.07, 6.45) is 1.23. The molecule has 0 saturated heterocycles. The van der Waals surface area contributed by atoms with Crippen molar-refractivity contribution in [3.05, 3.63) is 65.5 Å². The molecule has 0 heterocycles. The molecule has 1 atom stereocenters. The number of hydrogen-bond donors (Lipinski definition) is 1. The summed E-state index contributed by atoms with van der Waals surface area (Å²) in [7, 11) is -3.24. The molecule has 0 aliphatic rings. The van der Waals surface area contributed by atoms with E-state index in [1.54, 1.807) is 31.2 Å². The molecule has 0 fully saturated rings. The van der Waals surface area contributed by atoms with Crippen molar-refractivity contribution in [3.63, 3.8) is 0 Å². The first-order chi connectivity index (χ1) is 10.8. The maximum Gasteiger partial charge on any atom is 0.224 e. The molecule has 1 N–H and O–H groups in total. The van der Waals surface area contributed by atoms with E-state index >= 15 is 0 Å². The minimum absolute atomic E-state index is 0.0868. The standard InChI is InChI=1S/C17H18FNO3S/c1-12(14-6-8-16(9-7-14)23(2,21)22)19-17(20)11-13-4-3-5-15(18)10-13/h3-10,12H,11H2,1-2H3,(H,19,20)/t12-/m1/s1. The van der Waals surface area contributed by atoms with Gasteiger partial charge in [-0.05, 0) is 42.3 Å². The van der Waals surface area contributed by atoms with E-state index in [0.717, 1.165) is 11.8 Å². The molecule has 4 nitrogen and oxygen atoms in total. The molecule has 122 valence electrons. The summed E-state index contributed by atoms with van der Waals surface area (Å²) in [4.78, 5) is 12.2. The minimum Gasteiger partial charge on any atom is -0.349 e. The quantitative estimate of drug-likeness (QED) is 0.914. The van der Waals surface area contributed by atoms with Crippen LogP contribution in [0.1, 0.15) is 24.1 Å². The van der Waals surface area contributed by atoms with Crippen molar-refractivity contribution < 1.29 is 17.6 Å². The Morgan fingerprint density at radius 1 is 1.17 bits per heavy atom. The van der Waals surface area contributed by atoms with Crippen molar-refractivity contribution in [2.75, 3.05) is 6.26 Å². The number of carbonyl (C=O) groups excluding carboxylic acids is 1. The first-order valence-electron chi connectivity index (χ1n) is 7.09. The number of carbonyl (C=O) groups is 1. The number of nitrogens with one attached hydrogen (secondary N) is 1. The van der Waals surface area contributed by atoms with Crippen LogP contribution in [0.4, 0.5) is 4.39 Å². The molecule has 2 rings (SSSR count). The molecule has 0 spiro atoms. The lowest BCUT2D eigenvalue weighted by Crippen LogP contribution is -2.28. The fourth-order valence-electron chi connectivity index (χ4n) is 2.21. The summed E-state index contributed by atoms with van der Waals surface area (Å²) in [5.74, 6) is -0.602. The topological polar surface area (TPSA) is 63.2 Å². The van der Waals surface area contributed by atoms with E-state index in [4.69, 9.17) is 0 Å². The molecule has 0 aromatic heterocycles. The van der Waals surface area contributed by atoms with Gasteiger partial charge >= 0.3 is 0 Å². The van der Waals surface area contributed by atoms with E-state index < -0.39 is 9.84 Å². The second kappa shape index (κ2) is 6.91. The number of hydrogen-bond acceptors (Lipinski definition) is 3. The van der Waals surface area contributed by atoms with Crippen LogP contribution in [-0.4, -0.2) is 20.6 Å². The zero-order valence-electron chi connectivity index (χ0n) is 12.9. The SMILES string of the molecule is C[C@@H](NC(=O)Cc1cccc(F)c1)c1ccc(S(C)(=O)=O)cc1. The Kier molecular flexibility index (Phi) is 5.15. The summed E-state index contributed by atoms with van der Waals surface area (Å²) in [5, 5.41) is 2.81. The fourth-order valence-corrected chi connectivity index (χ4v) is 2.84. The van der Waals surface area contributed by atoms with Gasteiger partial charge in [-0.1, -0.05) is 24.3 Å². The highest BCUT2D eigenvalue weighted by molar-refractivity contribution is 7.90. The van der Waals surface area contributed by atoms with Crippen LogP contribution in [0.25, 0.3) is 0 Å². The smallest absolute Gasteiger partial charge is 0.224 e. The molecule has 2 aromatic rings. The minimum atomic E-state index is -3.24. The van der Waals surface area contributed by atoms with Crippen LogP contribution in [0.5, 0.6) is 0 Å². The van der Waals surface area contributed by atoms with Gasteiger partial charge in [0.15, 0.2) is 9.84 Å². The average Bonchev–Trinajstić information content (AvgIpc) is 2.46. The summed E-state index contributed by atoms with van der Waals surface area (Å²) < 4.78 is 35.9. The maximum atomic E-state index is 13.1. The van der Waals surface area contributed by atoms with Crippen molar-refractivity contribution in [1.82, 2.24) is 5.32 Å². The van der Waals surface area contributed by atoms with Crippen LogP contribution in [0.2, 0.25) is 0 Å². The highest BCUT2D eigenvalue weighted by Crippen LogP contribution is 2.16. The number of halogens is 1. The Bertz CT molecular complexity index is 801. The van der Waals surface area contributed by atoms with Gasteiger partial charge in [0.2, 0.25) is 5.91 Å². The van der Waals surface area contributed by atoms with Crippen molar-refractivity contribution >= 4 is 15.7 Å². The van der Waals surface area contributed by atoms with Gasteiger partial charge < -0.3 is 5.32 Å². The van der Waals surface area contributed by atoms with Gasteiger partial charge in [-0.15, -0.1) is 0 Å². The van der Waals surface area contributed by atoms with Gasteiger partial charge in [-0.25, -0.2) is 12.8 Å². The molecular formula is C17H18FNO3S. The lowest BCUT2D eigenvalue weighted by molar-refractivity contribution is -0.121. The van der Waals surface area contributed by atoms with E-state index in [1.165, 1.54) is 24.3 Å². The van der Waals surface area contributed by atoms with Gasteiger partial charge in [0.25, 0.3) is 0 Å². The lowest BCUT2D eigenvalue weighted by Gasteiger charge is -2.15. The predicted molar refractivity (Wildman–Crippen MR) is 86.2 cm³/mol. The third-order valence-corrected chi connectivity index (χ3v) is 4.57. The maximum absolute atomic E-state index is 13.1. The van der Waals surface area contributed by atoms with Crippen LogP contribution in [-0.2, 0) is 21.1 Å². The number of sulfone groups is 1. The molecular weight excluding hydrogens is 317 g/mol. The Balaban J connectivity index is 2.01. The van der Waals surface area contributed by atoms with E-state index in [9.17, 15) is 17.6 Å². The molecule has 2 aromatic carbocycles. The zero-order valence-corrected chi connectivity index (χ0v) is 13.7. The van der Waals surface area contributed by atoms with Crippen molar-refractivity contribution in [2.45, 2.75) is 24.3 Å². The van der Waals surface area contributed by atoms with E-state index in [-0.39, 0.29) is 29.1 Å². The van der Waals surface area contributed by atoms with E-state index in [1.807, 2.05) is 0 Å². The van der Waals surface area contributed by atoms with Crippen molar-refractivity contribution in [1.29, 1.82) is 0 Å². The second-order valence-corrected chi connectivity index (χ2v) is 7.45. The Morgan fingerprint density at radius 3 is 2.39 bits per heavy atom. The van der Waals surface area contributed by atoms with E-state index in [0.29, 0.717) is 5.56 Å². The first kappa shape index (κ1) is 17.1. The molecule has 6 heteroatoms. The fraction of sp³-hybridized carbons (Fsp3) is 0.235. The normalized spacial score (nSPS) is 12.7. The molecule has 0 radical (unpaired) electrons. The Hall–Kier alpha value is -2.21.